The van der Waals surface area contributed by atoms with Crippen LogP contribution >= 0.6 is 11.6 Å². The summed E-state index contributed by atoms with van der Waals surface area (Å²) in [5.41, 5.74) is 2.62. The monoisotopic (exact) mass is 289 g/mol. The average Bonchev–Trinajstić information content (AvgIpc) is 2.48. The Bertz CT molecular complexity index is 584. The van der Waals surface area contributed by atoms with Crippen LogP contribution in [0.25, 0.3) is 0 Å². The SMILES string of the molecule is CCc1ccc(NC(=O)OCc2ccccc2)c(Cl)c1. The number of aryl methyl sites for hydroxylation is 1. The van der Waals surface area contributed by atoms with E-state index in [-0.39, 0.29) is 6.61 Å². The van der Waals surface area contributed by atoms with Crippen molar-refractivity contribution in [2.75, 3.05) is 5.32 Å². The van der Waals surface area contributed by atoms with E-state index in [1.54, 1.807) is 6.07 Å². The summed E-state index contributed by atoms with van der Waals surface area (Å²) in [6.07, 6.45) is 0.387. The maximum Gasteiger partial charge on any atom is 0.412 e. The predicted molar refractivity (Wildman–Crippen MR) is 81.1 cm³/mol. The fourth-order valence-corrected chi connectivity index (χ4v) is 2.00. The van der Waals surface area contributed by atoms with Gasteiger partial charge in [0.15, 0.2) is 0 Å². The third-order valence-corrected chi connectivity index (χ3v) is 3.20. The van der Waals surface area contributed by atoms with Gasteiger partial charge in [-0.15, -0.1) is 0 Å². The Morgan fingerprint density at radius 1 is 1.15 bits per heavy atom. The molecule has 0 saturated heterocycles. The van der Waals surface area contributed by atoms with Crippen LogP contribution < -0.4 is 5.32 Å². The van der Waals surface area contributed by atoms with Crippen LogP contribution in [-0.2, 0) is 17.8 Å². The molecule has 0 aromatic heterocycles. The number of amides is 1. The second kappa shape index (κ2) is 6.96. The molecule has 0 atom stereocenters. The Morgan fingerprint density at radius 3 is 2.55 bits per heavy atom. The van der Waals surface area contributed by atoms with Crippen LogP contribution in [0.1, 0.15) is 18.1 Å². The summed E-state index contributed by atoms with van der Waals surface area (Å²) < 4.78 is 5.13. The minimum Gasteiger partial charge on any atom is -0.444 e. The lowest BCUT2D eigenvalue weighted by atomic mass is 10.1. The quantitative estimate of drug-likeness (QED) is 0.889. The second-order valence-electron chi connectivity index (χ2n) is 4.35. The van der Waals surface area contributed by atoms with Gasteiger partial charge in [0, 0.05) is 0 Å². The molecule has 0 heterocycles. The fraction of sp³-hybridized carbons (Fsp3) is 0.188. The zero-order chi connectivity index (χ0) is 14.4. The van der Waals surface area contributed by atoms with Crippen LogP contribution in [0.5, 0.6) is 0 Å². The number of nitrogens with one attached hydrogen (secondary N) is 1. The van der Waals surface area contributed by atoms with Gasteiger partial charge in [0.25, 0.3) is 0 Å². The van der Waals surface area contributed by atoms with Crippen molar-refractivity contribution in [1.82, 2.24) is 0 Å². The van der Waals surface area contributed by atoms with Crippen LogP contribution in [0.3, 0.4) is 0 Å². The molecule has 0 bridgehead atoms. The molecule has 3 nitrogen and oxygen atoms in total. The highest BCUT2D eigenvalue weighted by Crippen LogP contribution is 2.23. The lowest BCUT2D eigenvalue weighted by Crippen LogP contribution is -2.13. The number of halogens is 1. The molecule has 0 unspecified atom stereocenters. The molecule has 4 heteroatoms. The van der Waals surface area contributed by atoms with Gasteiger partial charge in [-0.05, 0) is 29.7 Å². The van der Waals surface area contributed by atoms with Crippen molar-refractivity contribution in [2.45, 2.75) is 20.0 Å². The number of ether oxygens (including phenoxy) is 1. The number of carbonyl (C=O) groups excluding carboxylic acids is 1. The van der Waals surface area contributed by atoms with Gasteiger partial charge in [-0.1, -0.05) is 54.9 Å². The first-order valence-electron chi connectivity index (χ1n) is 6.45. The minimum absolute atomic E-state index is 0.233. The molecule has 104 valence electrons. The van der Waals surface area contributed by atoms with E-state index in [0.29, 0.717) is 10.7 Å². The van der Waals surface area contributed by atoms with Crippen LogP contribution in [0.4, 0.5) is 10.5 Å². The zero-order valence-electron chi connectivity index (χ0n) is 11.2. The Hall–Kier alpha value is -2.00. The van der Waals surface area contributed by atoms with E-state index >= 15 is 0 Å². The molecule has 0 aliphatic rings. The lowest BCUT2D eigenvalue weighted by Gasteiger charge is -2.09. The minimum atomic E-state index is -0.514. The first-order valence-corrected chi connectivity index (χ1v) is 6.83. The van der Waals surface area contributed by atoms with Crippen LogP contribution in [0.2, 0.25) is 5.02 Å². The molecular formula is C16H16ClNO2. The Balaban J connectivity index is 1.91. The van der Waals surface area contributed by atoms with Crippen molar-refractivity contribution in [1.29, 1.82) is 0 Å². The Kier molecular flexibility index (Phi) is 5.02. The van der Waals surface area contributed by atoms with Gasteiger partial charge in [-0.25, -0.2) is 4.79 Å². The van der Waals surface area contributed by atoms with E-state index in [1.165, 1.54) is 0 Å². The van der Waals surface area contributed by atoms with Crippen molar-refractivity contribution < 1.29 is 9.53 Å². The summed E-state index contributed by atoms with van der Waals surface area (Å²) in [5.74, 6) is 0. The largest absolute Gasteiger partial charge is 0.444 e. The molecule has 0 fully saturated rings. The highest BCUT2D eigenvalue weighted by molar-refractivity contribution is 6.33. The van der Waals surface area contributed by atoms with E-state index in [0.717, 1.165) is 17.5 Å². The number of anilines is 1. The summed E-state index contributed by atoms with van der Waals surface area (Å²) in [6.45, 7) is 2.28. The molecule has 1 N–H and O–H groups in total. The van der Waals surface area contributed by atoms with E-state index in [4.69, 9.17) is 16.3 Å². The summed E-state index contributed by atoms with van der Waals surface area (Å²) in [7, 11) is 0. The van der Waals surface area contributed by atoms with Crippen molar-refractivity contribution in [3.8, 4) is 0 Å². The van der Waals surface area contributed by atoms with Crippen molar-refractivity contribution in [3.05, 3.63) is 64.7 Å². The van der Waals surface area contributed by atoms with Gasteiger partial charge in [-0.3, -0.25) is 5.32 Å². The Labute approximate surface area is 123 Å². The van der Waals surface area contributed by atoms with Gasteiger partial charge < -0.3 is 4.74 Å². The van der Waals surface area contributed by atoms with Gasteiger partial charge in [0.2, 0.25) is 0 Å². The summed E-state index contributed by atoms with van der Waals surface area (Å²) in [4.78, 5) is 11.7. The Morgan fingerprint density at radius 2 is 1.90 bits per heavy atom. The first-order chi connectivity index (χ1) is 9.69. The third kappa shape index (κ3) is 4.00. The molecular weight excluding hydrogens is 274 g/mol. The van der Waals surface area contributed by atoms with Crippen molar-refractivity contribution >= 4 is 23.4 Å². The van der Waals surface area contributed by atoms with Gasteiger partial charge in [0.05, 0.1) is 10.7 Å². The molecule has 20 heavy (non-hydrogen) atoms. The van der Waals surface area contributed by atoms with Gasteiger partial charge in [0.1, 0.15) is 6.61 Å². The summed E-state index contributed by atoms with van der Waals surface area (Å²) >= 11 is 6.10. The molecule has 2 aromatic rings. The molecule has 2 aromatic carbocycles. The molecule has 0 aliphatic heterocycles. The van der Waals surface area contributed by atoms with Crippen LogP contribution in [-0.4, -0.2) is 6.09 Å². The van der Waals surface area contributed by atoms with Crippen LogP contribution in [0, 0.1) is 0 Å². The first kappa shape index (κ1) is 14.4. The van der Waals surface area contributed by atoms with Crippen molar-refractivity contribution in [2.24, 2.45) is 0 Å². The normalized spacial score (nSPS) is 10.1. The maximum absolute atomic E-state index is 11.7. The highest BCUT2D eigenvalue weighted by Gasteiger charge is 2.07. The number of hydrogen-bond acceptors (Lipinski definition) is 2. The summed E-state index contributed by atoms with van der Waals surface area (Å²) in [6, 6.07) is 15.1. The van der Waals surface area contributed by atoms with Crippen LogP contribution in [0.15, 0.2) is 48.5 Å². The number of rotatable bonds is 4. The molecule has 0 aliphatic carbocycles. The molecule has 1 amide bonds. The molecule has 2 rings (SSSR count). The van der Waals surface area contributed by atoms with Gasteiger partial charge >= 0.3 is 6.09 Å². The number of hydrogen-bond donors (Lipinski definition) is 1. The van der Waals surface area contributed by atoms with E-state index < -0.39 is 6.09 Å². The van der Waals surface area contributed by atoms with E-state index in [2.05, 4.69) is 5.32 Å². The molecule has 0 saturated carbocycles. The standard InChI is InChI=1S/C16H16ClNO2/c1-2-12-8-9-15(14(17)10-12)18-16(19)20-11-13-6-4-3-5-7-13/h3-10H,2,11H2,1H3,(H,18,19). The predicted octanol–water partition coefficient (Wildman–Crippen LogP) is 4.65. The molecule has 0 radical (unpaired) electrons. The zero-order valence-corrected chi connectivity index (χ0v) is 12.0. The smallest absolute Gasteiger partial charge is 0.412 e. The maximum atomic E-state index is 11.7. The number of carbonyl (C=O) groups is 1. The van der Waals surface area contributed by atoms with E-state index in [1.807, 2.05) is 49.4 Å². The molecule has 0 spiro atoms. The summed E-state index contributed by atoms with van der Waals surface area (Å²) in [5, 5.41) is 3.15. The third-order valence-electron chi connectivity index (χ3n) is 2.89. The highest BCUT2D eigenvalue weighted by atomic mass is 35.5. The lowest BCUT2D eigenvalue weighted by molar-refractivity contribution is 0.155. The van der Waals surface area contributed by atoms with E-state index in [9.17, 15) is 4.79 Å². The number of benzene rings is 2. The van der Waals surface area contributed by atoms with Crippen molar-refractivity contribution in [3.63, 3.8) is 0 Å². The average molecular weight is 290 g/mol. The topological polar surface area (TPSA) is 38.3 Å². The fourth-order valence-electron chi connectivity index (χ4n) is 1.75. The second-order valence-corrected chi connectivity index (χ2v) is 4.76. The van der Waals surface area contributed by atoms with Gasteiger partial charge in [-0.2, -0.15) is 0 Å².